The Bertz CT molecular complexity index is 849. The van der Waals surface area contributed by atoms with Crippen LogP contribution in [-0.2, 0) is 16.1 Å². The second-order valence-corrected chi connectivity index (χ2v) is 8.14. The minimum atomic E-state index is -0.185. The first-order valence-corrected chi connectivity index (χ1v) is 10.5. The molecular formula is C20H20BrCl2N3O3. The maximum absolute atomic E-state index is 11.9. The smallest absolute Gasteiger partial charge is 0.254 e. The summed E-state index contributed by atoms with van der Waals surface area (Å²) in [5.74, 6) is 0.222. The van der Waals surface area contributed by atoms with E-state index in [1.54, 1.807) is 12.1 Å². The third-order valence-corrected chi connectivity index (χ3v) is 5.28. The number of nitrogens with one attached hydrogen (secondary N) is 1. The van der Waals surface area contributed by atoms with Crippen LogP contribution < -0.4 is 10.2 Å². The monoisotopic (exact) mass is 499 g/mol. The van der Waals surface area contributed by atoms with Gasteiger partial charge in [0.15, 0.2) is 5.75 Å². The lowest BCUT2D eigenvalue weighted by Crippen LogP contribution is -2.42. The highest BCUT2D eigenvalue weighted by molar-refractivity contribution is 9.10. The lowest BCUT2D eigenvalue weighted by Gasteiger charge is -2.25. The molecule has 0 aliphatic carbocycles. The summed E-state index contributed by atoms with van der Waals surface area (Å²) >= 11 is 16.0. The van der Waals surface area contributed by atoms with Crippen LogP contribution >= 0.6 is 39.1 Å². The van der Waals surface area contributed by atoms with E-state index in [4.69, 9.17) is 32.7 Å². The number of hydrogen-bond acceptors (Lipinski definition) is 5. The molecule has 0 spiro atoms. The summed E-state index contributed by atoms with van der Waals surface area (Å²) in [5.41, 5.74) is 4.16. The number of carbonyl (C=O) groups is 1. The van der Waals surface area contributed by atoms with Gasteiger partial charge in [0.1, 0.15) is 6.61 Å². The standard InChI is InChI=1S/C20H20BrCl2N3O3/c21-16-3-1-14(2-4-16)13-29-20-17(22)9-15(10-18(20)23)11-24-25-19(27)12-26-5-7-28-8-6-26/h1-4,9-11H,5-8,12-13H2,(H,25,27)/b24-11+. The highest BCUT2D eigenvalue weighted by Crippen LogP contribution is 2.34. The van der Waals surface area contributed by atoms with Crippen molar-refractivity contribution >= 4 is 51.3 Å². The van der Waals surface area contributed by atoms with Crippen molar-refractivity contribution in [2.45, 2.75) is 6.61 Å². The molecule has 1 fully saturated rings. The molecule has 0 bridgehead atoms. The van der Waals surface area contributed by atoms with E-state index in [2.05, 4.69) is 26.5 Å². The number of rotatable bonds is 7. The molecule has 0 radical (unpaired) electrons. The van der Waals surface area contributed by atoms with Gasteiger partial charge in [0, 0.05) is 17.6 Å². The molecule has 2 aromatic carbocycles. The number of amides is 1. The topological polar surface area (TPSA) is 63.2 Å². The van der Waals surface area contributed by atoms with Gasteiger partial charge in [-0.1, -0.05) is 51.3 Å². The van der Waals surface area contributed by atoms with E-state index in [0.29, 0.717) is 41.2 Å². The fraction of sp³-hybridized carbons (Fsp3) is 0.300. The highest BCUT2D eigenvalue weighted by atomic mass is 79.9. The van der Waals surface area contributed by atoms with Crippen molar-refractivity contribution in [3.05, 3.63) is 62.0 Å². The molecule has 9 heteroatoms. The summed E-state index contributed by atoms with van der Waals surface area (Å²) in [4.78, 5) is 14.0. The minimum Gasteiger partial charge on any atom is -0.486 e. The zero-order valence-corrected chi connectivity index (χ0v) is 18.6. The van der Waals surface area contributed by atoms with Crippen molar-refractivity contribution in [3.63, 3.8) is 0 Å². The van der Waals surface area contributed by atoms with Crippen LogP contribution in [0.2, 0.25) is 10.0 Å². The lowest BCUT2D eigenvalue weighted by atomic mass is 10.2. The fourth-order valence-corrected chi connectivity index (χ4v) is 3.58. The fourth-order valence-electron chi connectivity index (χ4n) is 2.70. The third kappa shape index (κ3) is 6.97. The molecule has 2 aromatic rings. The summed E-state index contributed by atoms with van der Waals surface area (Å²) in [6.45, 7) is 3.39. The van der Waals surface area contributed by atoms with Crippen molar-refractivity contribution in [1.82, 2.24) is 10.3 Å². The van der Waals surface area contributed by atoms with Crippen LogP contribution in [0.25, 0.3) is 0 Å². The zero-order chi connectivity index (χ0) is 20.6. The Morgan fingerprint density at radius 3 is 2.52 bits per heavy atom. The maximum Gasteiger partial charge on any atom is 0.254 e. The summed E-state index contributed by atoms with van der Waals surface area (Å²) < 4.78 is 12.0. The van der Waals surface area contributed by atoms with Gasteiger partial charge in [-0.3, -0.25) is 9.69 Å². The number of nitrogens with zero attached hydrogens (tertiary/aromatic N) is 2. The molecule has 1 aliphatic heterocycles. The molecule has 0 unspecified atom stereocenters. The van der Waals surface area contributed by atoms with E-state index < -0.39 is 0 Å². The molecule has 1 aliphatic rings. The second kappa shape index (κ2) is 10.9. The van der Waals surface area contributed by atoms with Gasteiger partial charge in [-0.15, -0.1) is 0 Å². The SMILES string of the molecule is O=C(CN1CCOCC1)N/N=C/c1cc(Cl)c(OCc2ccc(Br)cc2)c(Cl)c1. The summed E-state index contributed by atoms with van der Waals surface area (Å²) in [6.07, 6.45) is 1.49. The Labute approximate surface area is 187 Å². The van der Waals surface area contributed by atoms with Crippen LogP contribution in [0, 0.1) is 0 Å². The molecule has 1 saturated heterocycles. The molecule has 0 atom stereocenters. The maximum atomic E-state index is 11.9. The minimum absolute atomic E-state index is 0.185. The molecule has 6 nitrogen and oxygen atoms in total. The molecule has 29 heavy (non-hydrogen) atoms. The van der Waals surface area contributed by atoms with Crippen LogP contribution in [0.5, 0.6) is 5.75 Å². The van der Waals surface area contributed by atoms with Gasteiger partial charge in [-0.2, -0.15) is 5.10 Å². The van der Waals surface area contributed by atoms with Crippen LogP contribution in [0.3, 0.4) is 0 Å². The Balaban J connectivity index is 1.54. The highest BCUT2D eigenvalue weighted by Gasteiger charge is 2.14. The third-order valence-electron chi connectivity index (χ3n) is 4.19. The number of morpholine rings is 1. The molecule has 1 heterocycles. The first kappa shape index (κ1) is 22.1. The predicted octanol–water partition coefficient (Wildman–Crippen LogP) is 4.12. The first-order chi connectivity index (χ1) is 14.0. The van der Waals surface area contributed by atoms with Gasteiger partial charge >= 0.3 is 0 Å². The van der Waals surface area contributed by atoms with Gasteiger partial charge in [0.2, 0.25) is 0 Å². The van der Waals surface area contributed by atoms with E-state index in [1.165, 1.54) is 6.21 Å². The number of hydrazone groups is 1. The van der Waals surface area contributed by atoms with Crippen molar-refractivity contribution in [1.29, 1.82) is 0 Å². The van der Waals surface area contributed by atoms with Crippen molar-refractivity contribution in [2.75, 3.05) is 32.8 Å². The Morgan fingerprint density at radius 1 is 1.21 bits per heavy atom. The molecule has 3 rings (SSSR count). The van der Waals surface area contributed by atoms with Crippen LogP contribution in [0.4, 0.5) is 0 Å². The van der Waals surface area contributed by atoms with E-state index in [0.717, 1.165) is 23.1 Å². The number of benzene rings is 2. The number of halogens is 3. The molecule has 0 aromatic heterocycles. The number of carbonyl (C=O) groups excluding carboxylic acids is 1. The summed E-state index contributed by atoms with van der Waals surface area (Å²) in [6, 6.07) is 11.1. The summed E-state index contributed by atoms with van der Waals surface area (Å²) in [5, 5.41) is 4.72. The molecule has 154 valence electrons. The Kier molecular flexibility index (Phi) is 8.32. The first-order valence-electron chi connectivity index (χ1n) is 8.99. The predicted molar refractivity (Wildman–Crippen MR) is 118 cm³/mol. The Hall–Kier alpha value is -1.64. The van der Waals surface area contributed by atoms with E-state index in [-0.39, 0.29) is 12.5 Å². The van der Waals surface area contributed by atoms with Crippen LogP contribution in [-0.4, -0.2) is 49.9 Å². The van der Waals surface area contributed by atoms with Crippen molar-refractivity contribution in [2.24, 2.45) is 5.10 Å². The van der Waals surface area contributed by atoms with Crippen LogP contribution in [0.15, 0.2) is 46.0 Å². The summed E-state index contributed by atoms with van der Waals surface area (Å²) in [7, 11) is 0. The van der Waals surface area contributed by atoms with E-state index in [1.807, 2.05) is 29.2 Å². The Morgan fingerprint density at radius 2 is 1.86 bits per heavy atom. The van der Waals surface area contributed by atoms with Crippen molar-refractivity contribution < 1.29 is 14.3 Å². The van der Waals surface area contributed by atoms with Gasteiger partial charge < -0.3 is 9.47 Å². The van der Waals surface area contributed by atoms with Gasteiger partial charge in [0.25, 0.3) is 5.91 Å². The van der Waals surface area contributed by atoms with Gasteiger partial charge in [-0.05, 0) is 35.4 Å². The molecule has 1 amide bonds. The van der Waals surface area contributed by atoms with Crippen LogP contribution in [0.1, 0.15) is 11.1 Å². The number of hydrogen-bond donors (Lipinski definition) is 1. The lowest BCUT2D eigenvalue weighted by molar-refractivity contribution is -0.123. The van der Waals surface area contributed by atoms with E-state index >= 15 is 0 Å². The largest absolute Gasteiger partial charge is 0.486 e. The normalized spacial score (nSPS) is 14.9. The van der Waals surface area contributed by atoms with E-state index in [9.17, 15) is 4.79 Å². The second-order valence-electron chi connectivity index (χ2n) is 6.41. The van der Waals surface area contributed by atoms with Gasteiger partial charge in [0.05, 0.1) is 36.0 Å². The average molecular weight is 501 g/mol. The number of ether oxygens (including phenoxy) is 2. The van der Waals surface area contributed by atoms with Crippen molar-refractivity contribution in [3.8, 4) is 5.75 Å². The average Bonchev–Trinajstić information content (AvgIpc) is 2.69. The quantitative estimate of drug-likeness (QED) is 0.459. The zero-order valence-electron chi connectivity index (χ0n) is 15.5. The molecule has 1 N–H and O–H groups in total. The molecule has 0 saturated carbocycles. The van der Waals surface area contributed by atoms with Gasteiger partial charge in [-0.25, -0.2) is 5.43 Å². The molecular weight excluding hydrogens is 481 g/mol.